The second-order valence-electron chi connectivity index (χ2n) is 6.20. The first-order valence-electron chi connectivity index (χ1n) is 7.04. The summed E-state index contributed by atoms with van der Waals surface area (Å²) in [6.45, 7) is 6.76. The molecular weight excluding hydrogens is 230 g/mol. The van der Waals surface area contributed by atoms with Crippen molar-refractivity contribution in [2.24, 2.45) is 17.3 Å². The molecule has 1 saturated heterocycles. The summed E-state index contributed by atoms with van der Waals surface area (Å²) in [7, 11) is 0. The third-order valence-corrected chi connectivity index (χ3v) is 4.55. The third-order valence-electron chi connectivity index (χ3n) is 4.55. The van der Waals surface area contributed by atoms with Gasteiger partial charge < -0.3 is 14.7 Å². The van der Waals surface area contributed by atoms with Crippen molar-refractivity contribution in [3.05, 3.63) is 0 Å². The molecule has 0 aromatic carbocycles. The van der Waals surface area contributed by atoms with Crippen molar-refractivity contribution in [3.8, 4) is 0 Å². The number of likely N-dealkylation sites (tertiary alicyclic amines) is 1. The van der Waals surface area contributed by atoms with Crippen molar-refractivity contribution in [1.29, 1.82) is 0 Å². The van der Waals surface area contributed by atoms with Gasteiger partial charge in [0.25, 0.3) is 0 Å². The summed E-state index contributed by atoms with van der Waals surface area (Å²) in [5.41, 5.74) is -0.105. The molecule has 1 unspecified atom stereocenters. The first-order valence-corrected chi connectivity index (χ1v) is 7.04. The van der Waals surface area contributed by atoms with E-state index in [1.165, 1.54) is 12.8 Å². The molecule has 1 amide bonds. The summed E-state index contributed by atoms with van der Waals surface area (Å²) in [5.74, 6) is 1.17. The van der Waals surface area contributed by atoms with Crippen LogP contribution in [0.1, 0.15) is 33.1 Å². The van der Waals surface area contributed by atoms with Crippen molar-refractivity contribution in [2.45, 2.75) is 33.1 Å². The highest BCUT2D eigenvalue weighted by Crippen LogP contribution is 2.37. The Kier molecular flexibility index (Phi) is 4.28. The van der Waals surface area contributed by atoms with Crippen LogP contribution in [-0.2, 0) is 9.53 Å². The molecule has 1 N–H and O–H groups in total. The van der Waals surface area contributed by atoms with E-state index in [0.717, 1.165) is 19.6 Å². The van der Waals surface area contributed by atoms with Crippen LogP contribution in [0.2, 0.25) is 0 Å². The average Bonchev–Trinajstić information content (AvgIpc) is 3.06. The molecule has 104 valence electrons. The molecule has 0 spiro atoms. The molecule has 1 aliphatic heterocycles. The molecule has 4 nitrogen and oxygen atoms in total. The van der Waals surface area contributed by atoms with Crippen molar-refractivity contribution in [3.63, 3.8) is 0 Å². The zero-order valence-corrected chi connectivity index (χ0v) is 11.5. The van der Waals surface area contributed by atoms with E-state index in [9.17, 15) is 9.90 Å². The molecule has 2 aliphatic rings. The van der Waals surface area contributed by atoms with E-state index in [2.05, 4.69) is 13.8 Å². The largest absolute Gasteiger partial charge is 0.396 e. The summed E-state index contributed by atoms with van der Waals surface area (Å²) in [6.07, 6.45) is 3.40. The normalized spacial score (nSPS) is 28.1. The lowest BCUT2D eigenvalue weighted by molar-refractivity contribution is -0.135. The van der Waals surface area contributed by atoms with Crippen molar-refractivity contribution in [1.82, 2.24) is 4.90 Å². The van der Waals surface area contributed by atoms with Gasteiger partial charge in [-0.1, -0.05) is 13.8 Å². The summed E-state index contributed by atoms with van der Waals surface area (Å²) in [6, 6.07) is 0. The molecule has 2 fully saturated rings. The number of amides is 1. The molecule has 0 aromatic rings. The summed E-state index contributed by atoms with van der Waals surface area (Å²) >= 11 is 0. The van der Waals surface area contributed by atoms with Crippen LogP contribution in [0.3, 0.4) is 0 Å². The molecule has 1 atom stereocenters. The van der Waals surface area contributed by atoms with Gasteiger partial charge in [-0.15, -0.1) is 0 Å². The van der Waals surface area contributed by atoms with E-state index in [0.29, 0.717) is 18.4 Å². The number of hydrogen-bond acceptors (Lipinski definition) is 3. The maximum Gasteiger partial charge on any atom is 0.248 e. The number of ether oxygens (including phenoxy) is 1. The molecule has 4 heteroatoms. The minimum atomic E-state index is -0.105. The van der Waals surface area contributed by atoms with E-state index in [1.807, 2.05) is 4.90 Å². The van der Waals surface area contributed by atoms with E-state index in [1.54, 1.807) is 0 Å². The van der Waals surface area contributed by atoms with Gasteiger partial charge >= 0.3 is 0 Å². The Balaban J connectivity index is 1.77. The number of aliphatic hydroxyl groups excluding tert-OH is 1. The van der Waals surface area contributed by atoms with E-state index in [4.69, 9.17) is 4.74 Å². The van der Waals surface area contributed by atoms with Crippen LogP contribution in [0.25, 0.3) is 0 Å². The average molecular weight is 255 g/mol. The predicted molar refractivity (Wildman–Crippen MR) is 69.1 cm³/mol. The van der Waals surface area contributed by atoms with Crippen LogP contribution < -0.4 is 0 Å². The van der Waals surface area contributed by atoms with Gasteiger partial charge in [0.15, 0.2) is 0 Å². The van der Waals surface area contributed by atoms with Gasteiger partial charge in [-0.3, -0.25) is 4.79 Å². The number of hydrogen-bond donors (Lipinski definition) is 1. The number of rotatable bonds is 6. The van der Waals surface area contributed by atoms with Gasteiger partial charge in [-0.2, -0.15) is 0 Å². The SMILES string of the molecule is CC(C)C1(CO)CCN(C(=O)COCC2CC2)C1. The second-order valence-corrected chi connectivity index (χ2v) is 6.20. The topological polar surface area (TPSA) is 49.8 Å². The maximum atomic E-state index is 12.0. The fourth-order valence-electron chi connectivity index (χ4n) is 2.58. The highest BCUT2D eigenvalue weighted by molar-refractivity contribution is 5.77. The molecule has 1 aliphatic carbocycles. The molecule has 0 bridgehead atoms. The lowest BCUT2D eigenvalue weighted by Crippen LogP contribution is -2.38. The number of nitrogens with zero attached hydrogens (tertiary/aromatic N) is 1. The standard InChI is InChI=1S/C14H25NO3/c1-11(2)14(10-16)5-6-15(9-14)13(17)8-18-7-12-3-4-12/h11-12,16H,3-10H2,1-2H3. The Labute approximate surface area is 109 Å². The second kappa shape index (κ2) is 5.57. The zero-order valence-electron chi connectivity index (χ0n) is 11.5. The van der Waals surface area contributed by atoms with Crippen LogP contribution >= 0.6 is 0 Å². The van der Waals surface area contributed by atoms with Gasteiger partial charge in [-0.05, 0) is 31.1 Å². The molecule has 2 rings (SSSR count). The highest BCUT2D eigenvalue weighted by atomic mass is 16.5. The van der Waals surface area contributed by atoms with Gasteiger partial charge in [0.1, 0.15) is 6.61 Å². The first-order chi connectivity index (χ1) is 8.57. The Morgan fingerprint density at radius 3 is 2.72 bits per heavy atom. The van der Waals surface area contributed by atoms with Crippen molar-refractivity contribution < 1.29 is 14.6 Å². The lowest BCUT2D eigenvalue weighted by Gasteiger charge is -2.31. The molecule has 1 heterocycles. The van der Waals surface area contributed by atoms with Crippen LogP contribution in [0.4, 0.5) is 0 Å². The summed E-state index contributed by atoms with van der Waals surface area (Å²) in [4.78, 5) is 13.8. The Morgan fingerprint density at radius 1 is 1.50 bits per heavy atom. The number of carbonyl (C=O) groups is 1. The number of carbonyl (C=O) groups excluding carboxylic acids is 1. The van der Waals surface area contributed by atoms with Crippen LogP contribution in [0.5, 0.6) is 0 Å². The van der Waals surface area contributed by atoms with Gasteiger partial charge in [-0.25, -0.2) is 0 Å². The maximum absolute atomic E-state index is 12.0. The molecule has 1 saturated carbocycles. The third kappa shape index (κ3) is 3.04. The van der Waals surface area contributed by atoms with E-state index < -0.39 is 0 Å². The fraction of sp³-hybridized carbons (Fsp3) is 0.929. The van der Waals surface area contributed by atoms with Crippen molar-refractivity contribution >= 4 is 5.91 Å². The predicted octanol–water partition coefficient (Wildman–Crippen LogP) is 1.28. The van der Waals surface area contributed by atoms with Gasteiger partial charge in [0, 0.05) is 18.5 Å². The van der Waals surface area contributed by atoms with Gasteiger partial charge in [0.2, 0.25) is 5.91 Å². The zero-order chi connectivity index (χ0) is 13.2. The summed E-state index contributed by atoms with van der Waals surface area (Å²) in [5, 5.41) is 9.57. The lowest BCUT2D eigenvalue weighted by atomic mass is 9.77. The Bertz CT molecular complexity index is 301. The van der Waals surface area contributed by atoms with Crippen LogP contribution in [0.15, 0.2) is 0 Å². The molecule has 0 radical (unpaired) electrons. The first kappa shape index (κ1) is 13.8. The number of aliphatic hydroxyl groups is 1. The molecular formula is C14H25NO3. The highest BCUT2D eigenvalue weighted by Gasteiger charge is 2.41. The minimum absolute atomic E-state index is 0.0756. The Morgan fingerprint density at radius 2 is 2.22 bits per heavy atom. The monoisotopic (exact) mass is 255 g/mol. The van der Waals surface area contributed by atoms with E-state index in [-0.39, 0.29) is 24.5 Å². The Hall–Kier alpha value is -0.610. The molecule has 18 heavy (non-hydrogen) atoms. The van der Waals surface area contributed by atoms with Crippen LogP contribution in [-0.4, -0.2) is 48.8 Å². The van der Waals surface area contributed by atoms with Gasteiger partial charge in [0.05, 0.1) is 13.2 Å². The smallest absolute Gasteiger partial charge is 0.248 e. The van der Waals surface area contributed by atoms with Crippen molar-refractivity contribution in [2.75, 3.05) is 32.9 Å². The summed E-state index contributed by atoms with van der Waals surface area (Å²) < 4.78 is 5.44. The van der Waals surface area contributed by atoms with E-state index >= 15 is 0 Å². The van der Waals surface area contributed by atoms with Crippen LogP contribution in [0, 0.1) is 17.3 Å². The quantitative estimate of drug-likeness (QED) is 0.778. The fourth-order valence-corrected chi connectivity index (χ4v) is 2.58. The molecule has 0 aromatic heterocycles. The minimum Gasteiger partial charge on any atom is -0.396 e.